The molecule has 1 fully saturated rings. The van der Waals surface area contributed by atoms with E-state index in [-0.39, 0.29) is 29.5 Å². The number of fused-ring (bicyclic) bond motifs is 1. The van der Waals surface area contributed by atoms with Gasteiger partial charge in [0.1, 0.15) is 17.1 Å². The number of amides is 2. The quantitative estimate of drug-likeness (QED) is 0.0468. The van der Waals surface area contributed by atoms with Crippen LogP contribution in [0.25, 0.3) is 0 Å². The third-order valence-corrected chi connectivity index (χ3v) is 12.4. The van der Waals surface area contributed by atoms with Gasteiger partial charge >= 0.3 is 11.9 Å². The van der Waals surface area contributed by atoms with Crippen LogP contribution in [0.3, 0.4) is 0 Å². The van der Waals surface area contributed by atoms with Crippen molar-refractivity contribution in [1.29, 1.82) is 0 Å². The van der Waals surface area contributed by atoms with Crippen LogP contribution in [0.1, 0.15) is 17.2 Å². The number of aromatic nitrogens is 1. The van der Waals surface area contributed by atoms with E-state index in [4.69, 9.17) is 33.0 Å². The molecule has 2 atom stereocenters. The van der Waals surface area contributed by atoms with Gasteiger partial charge in [0.15, 0.2) is 25.0 Å². The first kappa shape index (κ1) is 37.6. The lowest BCUT2D eigenvalue weighted by Crippen LogP contribution is -2.70. The maximum absolute atomic E-state index is 14.3. The molecule has 14 heteroatoms. The Morgan fingerprint density at radius 3 is 2.27 bits per heavy atom. The Hall–Kier alpha value is -4.20. The molecule has 4 aromatic rings. The zero-order chi connectivity index (χ0) is 36.8. The predicted octanol–water partition coefficient (Wildman–Crippen LogP) is 6.79. The Morgan fingerprint density at radius 1 is 0.981 bits per heavy atom. The average Bonchev–Trinajstić information content (AvgIpc) is 3.16. The normalized spacial score (nSPS) is 16.6. The van der Waals surface area contributed by atoms with Crippen molar-refractivity contribution in [3.63, 3.8) is 0 Å². The molecular weight excluding hydrogens is 762 g/mol. The number of β-lactam (4-membered cyclic amide) rings is 1. The molecule has 9 nitrogen and oxygen atoms in total. The van der Waals surface area contributed by atoms with E-state index in [0.29, 0.717) is 26.4 Å². The Morgan fingerprint density at radius 2 is 1.63 bits per heavy atom. The van der Waals surface area contributed by atoms with E-state index < -0.39 is 35.4 Å². The first-order valence-corrected chi connectivity index (χ1v) is 19.7. The second-order valence-electron chi connectivity index (χ2n) is 11.8. The zero-order valence-corrected chi connectivity index (χ0v) is 31.4. The maximum atomic E-state index is 14.3. The highest BCUT2D eigenvalue weighted by molar-refractivity contribution is 8.01. The lowest BCUT2D eigenvalue weighted by atomic mass is 10.0. The number of thioether (sulfide) groups is 3. The fourth-order valence-corrected chi connectivity index (χ4v) is 9.25. The number of ether oxygens (including phenoxy) is 1. The van der Waals surface area contributed by atoms with Gasteiger partial charge in [0.2, 0.25) is 5.91 Å². The molecule has 0 unspecified atom stereocenters. The molecule has 0 bridgehead atoms. The Balaban J connectivity index is 1.22. The van der Waals surface area contributed by atoms with Crippen LogP contribution in [0.5, 0.6) is 0 Å². The van der Waals surface area contributed by atoms with Gasteiger partial charge in [-0.1, -0.05) is 90.4 Å². The van der Waals surface area contributed by atoms with Gasteiger partial charge in [0.25, 0.3) is 5.91 Å². The Bertz CT molecular complexity index is 1990. The number of halogens is 2. The lowest BCUT2D eigenvalue weighted by Gasteiger charge is -2.49. The third-order valence-electron chi connectivity index (χ3n) is 8.19. The van der Waals surface area contributed by atoms with Crippen LogP contribution >= 0.6 is 58.5 Å². The minimum atomic E-state index is -1.06. The summed E-state index contributed by atoms with van der Waals surface area (Å²) in [5, 5.41) is 12.5. The number of benzene rings is 3. The van der Waals surface area contributed by atoms with Crippen LogP contribution in [0.2, 0.25) is 10.0 Å². The van der Waals surface area contributed by atoms with Gasteiger partial charge in [0.05, 0.1) is 16.3 Å². The number of carboxylic acid groups (broad SMARTS) is 1. The van der Waals surface area contributed by atoms with E-state index in [1.165, 1.54) is 40.2 Å². The van der Waals surface area contributed by atoms with Crippen molar-refractivity contribution >= 4 is 82.2 Å². The summed E-state index contributed by atoms with van der Waals surface area (Å²) in [4.78, 5) is 55.3. The lowest BCUT2D eigenvalue weighted by molar-refractivity contribution is -0.688. The molecule has 0 radical (unpaired) electrons. The second kappa shape index (κ2) is 17.1. The average molecular weight is 794 g/mol. The van der Waals surface area contributed by atoms with Crippen LogP contribution in [-0.2, 0) is 30.5 Å². The number of esters is 1. The van der Waals surface area contributed by atoms with Crippen molar-refractivity contribution in [3.8, 4) is 0 Å². The number of rotatable bonds is 14. The summed E-state index contributed by atoms with van der Waals surface area (Å²) in [6.45, 7) is 3.73. The topological polar surface area (TPSA) is 117 Å². The highest BCUT2D eigenvalue weighted by atomic mass is 35.5. The number of aliphatic carboxylic acids is 1. The van der Waals surface area contributed by atoms with Crippen LogP contribution in [0.4, 0.5) is 0 Å². The molecule has 2 aliphatic rings. The number of hydrogen-bond donors (Lipinski definition) is 2. The molecule has 52 heavy (non-hydrogen) atoms. The van der Waals surface area contributed by atoms with Crippen LogP contribution in [0, 0.1) is 0 Å². The van der Waals surface area contributed by atoms with Crippen molar-refractivity contribution in [2.75, 3.05) is 17.3 Å². The summed E-state index contributed by atoms with van der Waals surface area (Å²) in [7, 11) is 0. The van der Waals surface area contributed by atoms with Crippen molar-refractivity contribution in [2.24, 2.45) is 0 Å². The van der Waals surface area contributed by atoms with Crippen molar-refractivity contribution < 1.29 is 33.6 Å². The maximum Gasteiger partial charge on any atom is 0.356 e. The van der Waals surface area contributed by atoms with Crippen molar-refractivity contribution in [3.05, 3.63) is 148 Å². The van der Waals surface area contributed by atoms with Crippen molar-refractivity contribution in [1.82, 2.24) is 10.2 Å². The summed E-state index contributed by atoms with van der Waals surface area (Å²) in [6.07, 6.45) is 2.80. The third kappa shape index (κ3) is 8.87. The zero-order valence-electron chi connectivity index (χ0n) is 27.4. The summed E-state index contributed by atoms with van der Waals surface area (Å²) in [6, 6.07) is 26.7. The monoisotopic (exact) mass is 792 g/mol. The van der Waals surface area contributed by atoms with E-state index in [1.54, 1.807) is 35.2 Å². The molecule has 2 aliphatic heterocycles. The van der Waals surface area contributed by atoms with Gasteiger partial charge in [-0.25, -0.2) is 14.2 Å². The molecule has 266 valence electrons. The van der Waals surface area contributed by atoms with E-state index in [9.17, 15) is 19.2 Å². The number of nitrogens with one attached hydrogen (secondary N) is 1. The standard InChI is InChI=1S/C38H31Cl2N3O6S3/c1-23(37(46)47)19-42-16-14-28(15-17-42)50-20-26-21-52-36-32(41-31(44)22-51-30-18-27(39)12-13-29(30)40)35(45)43(36)33(26)38(48)49-34(24-8-4-2-5-9-24)25-10-6-3-7-11-25/h2-18,32,34,36H,1,19-22H2,(H-,41,44,46,47)/p+1/t32-,36-/m1/s1. The summed E-state index contributed by atoms with van der Waals surface area (Å²) in [5.41, 5.74) is 2.51. The van der Waals surface area contributed by atoms with E-state index in [0.717, 1.165) is 21.6 Å². The molecule has 1 saturated heterocycles. The molecule has 0 spiro atoms. The summed E-state index contributed by atoms with van der Waals surface area (Å²) >= 11 is 16.5. The minimum absolute atomic E-state index is 0.0190. The number of carbonyl (C=O) groups is 4. The largest absolute Gasteiger partial charge is 0.478 e. The SMILES string of the molecule is C=C(C[n+]1ccc(SCC2=C(C(=O)OC(c3ccccc3)c3ccccc3)N3C(=O)[C@@H](NC(=O)CSc4cc(Cl)ccc4Cl)[C@H]3SC2)cc1)C(=O)O. The summed E-state index contributed by atoms with van der Waals surface area (Å²) < 4.78 is 7.97. The summed E-state index contributed by atoms with van der Waals surface area (Å²) in [5.74, 6) is -1.62. The molecule has 0 saturated carbocycles. The number of nitrogens with zero attached hydrogens (tertiary/aromatic N) is 2. The van der Waals surface area contributed by atoms with Crippen LogP contribution < -0.4 is 9.88 Å². The fraction of sp³-hybridized carbons (Fsp3) is 0.184. The van der Waals surface area contributed by atoms with E-state index in [2.05, 4.69) is 11.9 Å². The second-order valence-corrected chi connectivity index (χ2v) is 15.8. The fourth-order valence-electron chi connectivity index (χ4n) is 5.58. The number of pyridine rings is 1. The van der Waals surface area contributed by atoms with E-state index in [1.807, 2.05) is 72.8 Å². The van der Waals surface area contributed by atoms with E-state index >= 15 is 0 Å². The highest BCUT2D eigenvalue weighted by Gasteiger charge is 2.54. The van der Waals surface area contributed by atoms with Gasteiger partial charge in [-0.3, -0.25) is 14.5 Å². The van der Waals surface area contributed by atoms with Crippen LogP contribution in [0.15, 0.2) is 137 Å². The minimum Gasteiger partial charge on any atom is -0.478 e. The molecule has 2 N–H and O–H groups in total. The number of carbonyl (C=O) groups excluding carboxylic acids is 3. The molecular formula is C38H32Cl2N3O6S3+. The molecule has 0 aliphatic carbocycles. The Kier molecular flexibility index (Phi) is 12.3. The van der Waals surface area contributed by atoms with Gasteiger partial charge in [-0.05, 0) is 34.9 Å². The van der Waals surface area contributed by atoms with Crippen LogP contribution in [-0.4, -0.2) is 62.4 Å². The highest BCUT2D eigenvalue weighted by Crippen LogP contribution is 2.43. The van der Waals surface area contributed by atoms with Gasteiger partial charge in [-0.2, -0.15) is 0 Å². The molecule has 2 amide bonds. The number of carboxylic acids is 1. The first-order valence-electron chi connectivity index (χ1n) is 16.0. The molecule has 6 rings (SSSR count). The van der Waals surface area contributed by atoms with Gasteiger partial charge in [0, 0.05) is 38.5 Å². The molecule has 1 aromatic heterocycles. The smallest absolute Gasteiger partial charge is 0.356 e. The van der Waals surface area contributed by atoms with Crippen molar-refractivity contribution in [2.45, 2.75) is 33.9 Å². The van der Waals surface area contributed by atoms with Gasteiger partial charge < -0.3 is 15.2 Å². The number of hydrogen-bond acceptors (Lipinski definition) is 8. The Labute approximate surface area is 323 Å². The molecule has 3 heterocycles. The first-order chi connectivity index (χ1) is 25.1. The van der Waals surface area contributed by atoms with Gasteiger partial charge in [-0.15, -0.1) is 35.3 Å². The predicted molar refractivity (Wildman–Crippen MR) is 204 cm³/mol. The molecule has 3 aromatic carbocycles.